The maximum atomic E-state index is 5.32. The van der Waals surface area contributed by atoms with Crippen LogP contribution in [0.1, 0.15) is 0 Å². The smallest absolute Gasteiger partial charge is 0.133 e. The summed E-state index contributed by atoms with van der Waals surface area (Å²) in [7, 11) is 0. The van der Waals surface area contributed by atoms with Crippen LogP contribution in [-0.2, 0) is 0 Å². The van der Waals surface area contributed by atoms with Crippen molar-refractivity contribution in [3.63, 3.8) is 0 Å². The molecule has 3 nitrogen and oxygen atoms in total. The molecule has 0 atom stereocenters. The van der Waals surface area contributed by atoms with Crippen LogP contribution in [0.25, 0.3) is 0 Å². The minimum Gasteiger partial charge on any atom is -0.355 e. The monoisotopic (exact) mass is 179 g/mol. The van der Waals surface area contributed by atoms with Crippen molar-refractivity contribution >= 4 is 29.2 Å². The summed E-state index contributed by atoms with van der Waals surface area (Å²) in [5, 5.41) is 0. The standard InChI is InChI=1S/C5H13N3S2/c6-1-3-8(4-2-7)5(9)10/h1-4,6-7H2,(H,9,10). The maximum Gasteiger partial charge on any atom is 0.133 e. The molecule has 0 aliphatic heterocycles. The zero-order valence-corrected chi connectivity index (χ0v) is 7.50. The van der Waals surface area contributed by atoms with Gasteiger partial charge in [-0.05, 0) is 0 Å². The summed E-state index contributed by atoms with van der Waals surface area (Å²) in [5.74, 6) is 0. The van der Waals surface area contributed by atoms with Gasteiger partial charge in [-0.25, -0.2) is 0 Å². The largest absolute Gasteiger partial charge is 0.355 e. The first-order valence-corrected chi connectivity index (χ1v) is 3.96. The van der Waals surface area contributed by atoms with E-state index >= 15 is 0 Å². The van der Waals surface area contributed by atoms with Crippen molar-refractivity contribution in [2.24, 2.45) is 11.5 Å². The summed E-state index contributed by atoms with van der Waals surface area (Å²) in [4.78, 5) is 1.87. The third-order valence-corrected chi connectivity index (χ3v) is 1.61. The van der Waals surface area contributed by atoms with E-state index in [1.165, 1.54) is 0 Å². The van der Waals surface area contributed by atoms with Gasteiger partial charge in [-0.15, -0.1) is 12.6 Å². The van der Waals surface area contributed by atoms with Crippen LogP contribution in [0.5, 0.6) is 0 Å². The Kier molecular flexibility index (Phi) is 6.00. The molecule has 0 fully saturated rings. The highest BCUT2D eigenvalue weighted by Crippen LogP contribution is 1.93. The number of nitrogens with two attached hydrogens (primary N) is 2. The Labute approximate surface area is 72.2 Å². The van der Waals surface area contributed by atoms with E-state index < -0.39 is 0 Å². The van der Waals surface area contributed by atoms with Crippen LogP contribution in [0.4, 0.5) is 0 Å². The van der Waals surface area contributed by atoms with Gasteiger partial charge in [0, 0.05) is 26.2 Å². The Morgan fingerprint density at radius 1 is 1.30 bits per heavy atom. The third-order valence-electron chi connectivity index (χ3n) is 1.07. The van der Waals surface area contributed by atoms with Gasteiger partial charge in [-0.2, -0.15) is 0 Å². The Morgan fingerprint density at radius 2 is 1.70 bits per heavy atom. The maximum absolute atomic E-state index is 5.32. The highest BCUT2D eigenvalue weighted by molar-refractivity contribution is 8.10. The van der Waals surface area contributed by atoms with Crippen molar-refractivity contribution < 1.29 is 0 Å². The van der Waals surface area contributed by atoms with Gasteiger partial charge in [0.1, 0.15) is 4.32 Å². The van der Waals surface area contributed by atoms with Crippen molar-refractivity contribution in [2.45, 2.75) is 0 Å². The summed E-state index contributed by atoms with van der Waals surface area (Å²) in [6, 6.07) is 0. The van der Waals surface area contributed by atoms with Gasteiger partial charge >= 0.3 is 0 Å². The average Bonchev–Trinajstić information content (AvgIpc) is 1.87. The lowest BCUT2D eigenvalue weighted by atomic mass is 10.5. The molecule has 0 aliphatic rings. The Balaban J connectivity index is 3.61. The molecule has 0 bridgehead atoms. The fraction of sp³-hybridized carbons (Fsp3) is 0.800. The first-order chi connectivity index (χ1) is 4.72. The molecular formula is C5H13N3S2. The second-order valence-corrected chi connectivity index (χ2v) is 2.96. The first kappa shape index (κ1) is 10.2. The summed E-state index contributed by atoms with van der Waals surface area (Å²) < 4.78 is 0.566. The highest BCUT2D eigenvalue weighted by atomic mass is 32.1. The van der Waals surface area contributed by atoms with Crippen LogP contribution in [0.3, 0.4) is 0 Å². The molecule has 60 valence electrons. The molecule has 10 heavy (non-hydrogen) atoms. The molecule has 4 N–H and O–H groups in total. The quantitative estimate of drug-likeness (QED) is 0.399. The fourth-order valence-electron chi connectivity index (χ4n) is 0.615. The molecule has 0 unspecified atom stereocenters. The van der Waals surface area contributed by atoms with Gasteiger partial charge in [0.15, 0.2) is 0 Å². The number of hydrogen-bond donors (Lipinski definition) is 3. The Bertz CT molecular complexity index is 101. The minimum atomic E-state index is 0.566. The second kappa shape index (κ2) is 5.91. The summed E-state index contributed by atoms with van der Waals surface area (Å²) in [6.45, 7) is 2.64. The van der Waals surface area contributed by atoms with Crippen LogP contribution >= 0.6 is 24.8 Å². The molecule has 0 amide bonds. The van der Waals surface area contributed by atoms with Gasteiger partial charge < -0.3 is 16.4 Å². The van der Waals surface area contributed by atoms with E-state index in [0.717, 1.165) is 13.1 Å². The van der Waals surface area contributed by atoms with E-state index in [0.29, 0.717) is 17.4 Å². The van der Waals surface area contributed by atoms with Crippen molar-refractivity contribution in [3.05, 3.63) is 0 Å². The summed E-state index contributed by atoms with van der Waals surface area (Å²) in [5.41, 5.74) is 10.6. The average molecular weight is 179 g/mol. The molecule has 0 rings (SSSR count). The molecule has 0 aromatic rings. The van der Waals surface area contributed by atoms with E-state index in [9.17, 15) is 0 Å². The van der Waals surface area contributed by atoms with Crippen LogP contribution in [0.2, 0.25) is 0 Å². The molecule has 0 saturated carbocycles. The third kappa shape index (κ3) is 4.05. The molecule has 0 radical (unpaired) electrons. The summed E-state index contributed by atoms with van der Waals surface area (Å²) in [6.07, 6.45) is 0. The van der Waals surface area contributed by atoms with Crippen molar-refractivity contribution in [2.75, 3.05) is 26.2 Å². The van der Waals surface area contributed by atoms with Crippen molar-refractivity contribution in [1.82, 2.24) is 4.90 Å². The van der Waals surface area contributed by atoms with Gasteiger partial charge in [0.2, 0.25) is 0 Å². The molecule has 0 heterocycles. The second-order valence-electron chi connectivity index (χ2n) is 1.85. The van der Waals surface area contributed by atoms with Gasteiger partial charge in [-0.1, -0.05) is 12.2 Å². The number of hydrogen-bond acceptors (Lipinski definition) is 3. The number of thiol groups is 1. The predicted octanol–water partition coefficient (Wildman–Crippen LogP) is -0.579. The molecule has 0 aromatic carbocycles. The Morgan fingerprint density at radius 3 is 1.90 bits per heavy atom. The minimum absolute atomic E-state index is 0.566. The zero-order chi connectivity index (χ0) is 7.98. The molecular weight excluding hydrogens is 166 g/mol. The predicted molar refractivity (Wildman–Crippen MR) is 51.3 cm³/mol. The van der Waals surface area contributed by atoms with Gasteiger partial charge in [-0.3, -0.25) is 0 Å². The number of thiocarbonyl (C=S) groups is 1. The van der Waals surface area contributed by atoms with Gasteiger partial charge in [0.25, 0.3) is 0 Å². The topological polar surface area (TPSA) is 55.3 Å². The number of rotatable bonds is 4. The summed E-state index contributed by atoms with van der Waals surface area (Å²) >= 11 is 8.83. The van der Waals surface area contributed by atoms with Gasteiger partial charge in [0.05, 0.1) is 0 Å². The molecule has 0 aromatic heterocycles. The van der Waals surface area contributed by atoms with E-state index in [1.54, 1.807) is 0 Å². The van der Waals surface area contributed by atoms with E-state index in [1.807, 2.05) is 4.90 Å². The normalized spacial score (nSPS) is 9.50. The van der Waals surface area contributed by atoms with E-state index in [4.69, 9.17) is 23.7 Å². The lowest BCUT2D eigenvalue weighted by molar-refractivity contribution is 0.453. The molecule has 0 spiro atoms. The van der Waals surface area contributed by atoms with E-state index in [-0.39, 0.29) is 0 Å². The zero-order valence-electron chi connectivity index (χ0n) is 5.79. The Hall–Kier alpha value is 0.160. The van der Waals surface area contributed by atoms with E-state index in [2.05, 4.69) is 12.6 Å². The fourth-order valence-corrected chi connectivity index (χ4v) is 0.997. The van der Waals surface area contributed by atoms with Crippen LogP contribution in [-0.4, -0.2) is 35.4 Å². The van der Waals surface area contributed by atoms with Crippen LogP contribution in [0, 0.1) is 0 Å². The molecule has 0 saturated heterocycles. The van der Waals surface area contributed by atoms with Crippen molar-refractivity contribution in [1.29, 1.82) is 0 Å². The van der Waals surface area contributed by atoms with Crippen LogP contribution < -0.4 is 11.5 Å². The lowest BCUT2D eigenvalue weighted by Crippen LogP contribution is -2.35. The molecule has 5 heteroatoms. The SMILES string of the molecule is NCCN(CCN)C(=S)S. The molecule has 0 aliphatic carbocycles. The lowest BCUT2D eigenvalue weighted by Gasteiger charge is -2.20. The highest BCUT2D eigenvalue weighted by Gasteiger charge is 2.01. The van der Waals surface area contributed by atoms with Crippen molar-refractivity contribution in [3.8, 4) is 0 Å². The van der Waals surface area contributed by atoms with Crippen LogP contribution in [0.15, 0.2) is 0 Å². The number of nitrogens with zero attached hydrogens (tertiary/aromatic N) is 1. The first-order valence-electron chi connectivity index (χ1n) is 3.10.